The molecular formula is C34H31BrO3S. The molecule has 39 heavy (non-hydrogen) atoms. The molecule has 1 aliphatic rings. The van der Waals surface area contributed by atoms with Crippen molar-refractivity contribution in [2.75, 3.05) is 0 Å². The van der Waals surface area contributed by atoms with E-state index in [1.165, 1.54) is 60.8 Å². The van der Waals surface area contributed by atoms with Crippen molar-refractivity contribution in [3.05, 3.63) is 98.8 Å². The summed E-state index contributed by atoms with van der Waals surface area (Å²) in [5.74, 6) is 0.343. The zero-order chi connectivity index (χ0) is 27.1. The Bertz CT molecular complexity index is 1680. The number of hydrogen-bond donors (Lipinski definition) is 1. The van der Waals surface area contributed by atoms with Crippen LogP contribution in [0.15, 0.2) is 77.3 Å². The van der Waals surface area contributed by atoms with Gasteiger partial charge in [0, 0.05) is 14.7 Å². The normalized spacial score (nSPS) is 14.7. The Labute approximate surface area is 241 Å². The number of carboxylic acid groups (broad SMARTS) is 1. The van der Waals surface area contributed by atoms with Crippen molar-refractivity contribution in [1.82, 2.24) is 0 Å². The Morgan fingerprint density at radius 1 is 1.00 bits per heavy atom. The number of ether oxygens (including phenoxy) is 1. The number of halogens is 1. The molecule has 4 aromatic carbocycles. The van der Waals surface area contributed by atoms with Gasteiger partial charge in [0.05, 0.1) is 11.1 Å². The molecule has 0 saturated heterocycles. The summed E-state index contributed by atoms with van der Waals surface area (Å²) in [6, 6.07) is 24.9. The van der Waals surface area contributed by atoms with Crippen LogP contribution in [-0.2, 0) is 4.79 Å². The van der Waals surface area contributed by atoms with Crippen molar-refractivity contribution >= 4 is 54.1 Å². The van der Waals surface area contributed by atoms with Gasteiger partial charge in [0.1, 0.15) is 11.9 Å². The maximum Gasteiger partial charge on any atom is 0.307 e. The van der Waals surface area contributed by atoms with Crippen molar-refractivity contribution in [2.24, 2.45) is 0 Å². The highest BCUT2D eigenvalue weighted by molar-refractivity contribution is 9.11. The van der Waals surface area contributed by atoms with Gasteiger partial charge in [-0.25, -0.2) is 0 Å². The molecule has 1 fully saturated rings. The van der Waals surface area contributed by atoms with E-state index in [4.69, 9.17) is 4.74 Å². The second-order valence-corrected chi connectivity index (χ2v) is 12.6. The van der Waals surface area contributed by atoms with Crippen molar-refractivity contribution in [3.8, 4) is 16.9 Å². The van der Waals surface area contributed by atoms with E-state index in [0.717, 1.165) is 28.6 Å². The van der Waals surface area contributed by atoms with Crippen LogP contribution in [0.5, 0.6) is 5.75 Å². The van der Waals surface area contributed by atoms with Crippen LogP contribution in [0.4, 0.5) is 0 Å². The fourth-order valence-electron chi connectivity index (χ4n) is 6.11. The van der Waals surface area contributed by atoms with Crippen LogP contribution < -0.4 is 4.74 Å². The molecule has 0 bridgehead atoms. The molecule has 0 amide bonds. The van der Waals surface area contributed by atoms with Crippen LogP contribution in [0, 0.1) is 13.8 Å². The molecule has 0 radical (unpaired) electrons. The van der Waals surface area contributed by atoms with E-state index in [1.807, 2.05) is 41.7 Å². The Balaban J connectivity index is 1.54. The highest BCUT2D eigenvalue weighted by Gasteiger charge is 2.26. The molecule has 0 aliphatic heterocycles. The Morgan fingerprint density at radius 3 is 2.41 bits per heavy atom. The van der Waals surface area contributed by atoms with Gasteiger partial charge >= 0.3 is 5.97 Å². The predicted molar refractivity (Wildman–Crippen MR) is 165 cm³/mol. The zero-order valence-corrected chi connectivity index (χ0v) is 24.6. The van der Waals surface area contributed by atoms with Gasteiger partial charge in [-0.2, -0.15) is 0 Å². The first-order chi connectivity index (χ1) is 18.9. The molecule has 198 valence electrons. The standard InChI is InChI=1S/C34H31BrO3S/c1-20-21(2)39-34-31(20)32(25-14-8-9-15-26(25)33(34)35)24-16-17-28(27(18-24)22-10-6-7-11-22)38-29(19-30(36)37)23-12-4-3-5-13-23/h3-5,8-9,12-18,22,29H,6-7,10-11,19H2,1-2H3,(H,36,37). The molecule has 1 N–H and O–H groups in total. The molecule has 0 spiro atoms. The largest absolute Gasteiger partial charge is 0.485 e. The summed E-state index contributed by atoms with van der Waals surface area (Å²) in [5.41, 5.74) is 5.85. The van der Waals surface area contributed by atoms with Crippen LogP contribution in [0.3, 0.4) is 0 Å². The molecule has 1 atom stereocenters. The molecule has 6 rings (SSSR count). The summed E-state index contributed by atoms with van der Waals surface area (Å²) in [6.07, 6.45) is 4.04. The summed E-state index contributed by atoms with van der Waals surface area (Å²) < 4.78 is 9.03. The molecule has 1 aromatic heterocycles. The maximum atomic E-state index is 11.8. The smallest absolute Gasteiger partial charge is 0.307 e. The molecule has 5 aromatic rings. The Kier molecular flexibility index (Phi) is 7.22. The number of fused-ring (bicyclic) bond motifs is 2. The Morgan fingerprint density at radius 2 is 1.69 bits per heavy atom. The number of aryl methyl sites for hydroxylation is 2. The van der Waals surface area contributed by atoms with E-state index >= 15 is 0 Å². The third-order valence-corrected chi connectivity index (χ3v) is 10.5. The first kappa shape index (κ1) is 26.1. The second kappa shape index (κ2) is 10.8. The lowest BCUT2D eigenvalue weighted by Gasteiger charge is -2.23. The fraction of sp³-hybridized carbons (Fsp3) is 0.265. The van der Waals surface area contributed by atoms with Crippen LogP contribution in [0.1, 0.15) is 65.7 Å². The number of hydrogen-bond acceptors (Lipinski definition) is 3. The van der Waals surface area contributed by atoms with Crippen molar-refractivity contribution < 1.29 is 14.6 Å². The highest BCUT2D eigenvalue weighted by Crippen LogP contribution is 2.49. The van der Waals surface area contributed by atoms with Gasteiger partial charge in [0.2, 0.25) is 0 Å². The summed E-state index contributed by atoms with van der Waals surface area (Å²) in [6.45, 7) is 4.43. The third kappa shape index (κ3) is 4.87. The average molecular weight is 600 g/mol. The summed E-state index contributed by atoms with van der Waals surface area (Å²) in [4.78, 5) is 13.1. The van der Waals surface area contributed by atoms with E-state index in [0.29, 0.717) is 5.92 Å². The van der Waals surface area contributed by atoms with E-state index in [9.17, 15) is 9.90 Å². The topological polar surface area (TPSA) is 46.5 Å². The summed E-state index contributed by atoms with van der Waals surface area (Å²) >= 11 is 5.77. The number of benzene rings is 4. The minimum Gasteiger partial charge on any atom is -0.485 e. The molecule has 1 saturated carbocycles. The number of aliphatic carboxylic acids is 1. The quantitative estimate of drug-likeness (QED) is 0.203. The van der Waals surface area contributed by atoms with Crippen LogP contribution in [0.25, 0.3) is 32.0 Å². The van der Waals surface area contributed by atoms with Crippen LogP contribution >= 0.6 is 27.3 Å². The third-order valence-electron chi connectivity index (χ3n) is 8.16. The van der Waals surface area contributed by atoms with Gasteiger partial charge < -0.3 is 9.84 Å². The SMILES string of the molecule is Cc1sc2c(Br)c3ccccc3c(-c3ccc(OC(CC(=O)O)c4ccccc4)c(C4CCCC4)c3)c2c1C. The van der Waals surface area contributed by atoms with Crippen molar-refractivity contribution in [1.29, 1.82) is 0 Å². The molecule has 1 aliphatic carbocycles. The highest BCUT2D eigenvalue weighted by atomic mass is 79.9. The average Bonchev–Trinajstić information content (AvgIpc) is 3.58. The predicted octanol–water partition coefficient (Wildman–Crippen LogP) is 10.4. The van der Waals surface area contributed by atoms with Gasteiger partial charge in [-0.05, 0) is 99.3 Å². The molecule has 5 heteroatoms. The number of carbonyl (C=O) groups is 1. The first-order valence-electron chi connectivity index (χ1n) is 13.6. The monoisotopic (exact) mass is 598 g/mol. The Hall–Kier alpha value is -3.15. The molecule has 1 heterocycles. The van der Waals surface area contributed by atoms with Gasteiger partial charge in [-0.1, -0.05) is 73.5 Å². The number of carboxylic acids is 1. The minimum absolute atomic E-state index is 0.0821. The van der Waals surface area contributed by atoms with Gasteiger partial charge in [0.15, 0.2) is 0 Å². The lowest BCUT2D eigenvalue weighted by molar-refractivity contribution is -0.138. The van der Waals surface area contributed by atoms with Crippen molar-refractivity contribution in [3.63, 3.8) is 0 Å². The van der Waals surface area contributed by atoms with E-state index in [2.05, 4.69) is 72.2 Å². The first-order valence-corrected chi connectivity index (χ1v) is 15.2. The second-order valence-electron chi connectivity index (χ2n) is 10.6. The minimum atomic E-state index is -0.866. The zero-order valence-electron chi connectivity index (χ0n) is 22.2. The molecular weight excluding hydrogens is 568 g/mol. The lowest BCUT2D eigenvalue weighted by atomic mass is 9.89. The molecule has 3 nitrogen and oxygen atoms in total. The van der Waals surface area contributed by atoms with E-state index in [-0.39, 0.29) is 6.42 Å². The van der Waals surface area contributed by atoms with Gasteiger partial charge in [-0.3, -0.25) is 4.79 Å². The molecule has 1 unspecified atom stereocenters. The van der Waals surface area contributed by atoms with Gasteiger partial charge in [0.25, 0.3) is 0 Å². The maximum absolute atomic E-state index is 11.8. The fourth-order valence-corrected chi connectivity index (χ4v) is 8.01. The summed E-state index contributed by atoms with van der Waals surface area (Å²) in [5, 5.41) is 13.4. The summed E-state index contributed by atoms with van der Waals surface area (Å²) in [7, 11) is 0. The van der Waals surface area contributed by atoms with Crippen LogP contribution in [-0.4, -0.2) is 11.1 Å². The van der Waals surface area contributed by atoms with E-state index in [1.54, 1.807) is 0 Å². The number of thiophene rings is 1. The van der Waals surface area contributed by atoms with E-state index < -0.39 is 12.1 Å². The van der Waals surface area contributed by atoms with Gasteiger partial charge in [-0.15, -0.1) is 11.3 Å². The van der Waals surface area contributed by atoms with Crippen LogP contribution in [0.2, 0.25) is 0 Å². The lowest BCUT2D eigenvalue weighted by Crippen LogP contribution is -2.14. The van der Waals surface area contributed by atoms with Crippen molar-refractivity contribution in [2.45, 2.75) is 58.0 Å². The number of rotatable bonds is 7.